The Balaban J connectivity index is 1.57. The van der Waals surface area contributed by atoms with E-state index in [1.54, 1.807) is 29.8 Å². The van der Waals surface area contributed by atoms with Gasteiger partial charge in [-0.05, 0) is 18.2 Å². The molecule has 9 heteroatoms. The van der Waals surface area contributed by atoms with Crippen LogP contribution in [0.2, 0.25) is 0 Å². The molecule has 0 amide bonds. The number of carbonyl (C=O) groups is 2. The molecular formula is C18H15BrN2O5S. The number of aromatic nitrogens is 2. The summed E-state index contributed by atoms with van der Waals surface area (Å²) in [5, 5.41) is 1.75. The first-order chi connectivity index (χ1) is 13.0. The number of hydrogen-bond donors (Lipinski definition) is 0. The Bertz CT molecular complexity index is 1060. The van der Waals surface area contributed by atoms with Crippen LogP contribution < -0.4 is 10.3 Å². The fraction of sp³-hybridized carbons (Fsp3) is 0.222. The summed E-state index contributed by atoms with van der Waals surface area (Å²) in [7, 11) is 1.48. The second-order valence-corrected chi connectivity index (χ2v) is 7.36. The van der Waals surface area contributed by atoms with Crippen molar-refractivity contribution in [2.45, 2.75) is 19.4 Å². The molecule has 2 heterocycles. The van der Waals surface area contributed by atoms with Gasteiger partial charge in [0.15, 0.2) is 10.7 Å². The Kier molecular flexibility index (Phi) is 6.02. The second-order valence-electron chi connectivity index (χ2n) is 5.57. The Morgan fingerprint density at radius 2 is 2.07 bits per heavy atom. The second kappa shape index (κ2) is 8.45. The van der Waals surface area contributed by atoms with Crippen molar-refractivity contribution in [1.29, 1.82) is 0 Å². The average Bonchev–Trinajstić information content (AvgIpc) is 3.13. The number of ether oxygens (including phenoxy) is 2. The molecule has 0 aliphatic heterocycles. The van der Waals surface area contributed by atoms with Crippen LogP contribution in [0.3, 0.4) is 0 Å². The van der Waals surface area contributed by atoms with Crippen molar-refractivity contribution in [2.24, 2.45) is 0 Å². The number of hydrogen-bond acceptors (Lipinski definition) is 7. The van der Waals surface area contributed by atoms with E-state index >= 15 is 0 Å². The Hall–Kier alpha value is -2.52. The zero-order valence-electron chi connectivity index (χ0n) is 14.3. The van der Waals surface area contributed by atoms with Gasteiger partial charge in [0.25, 0.3) is 5.56 Å². The minimum absolute atomic E-state index is 0.00824. The molecule has 3 rings (SSSR count). The van der Waals surface area contributed by atoms with E-state index in [2.05, 4.69) is 20.9 Å². The van der Waals surface area contributed by atoms with E-state index in [9.17, 15) is 14.4 Å². The van der Waals surface area contributed by atoms with Gasteiger partial charge in [-0.1, -0.05) is 15.9 Å². The molecule has 0 radical (unpaired) electrons. The molecule has 0 unspecified atom stereocenters. The number of Topliss-reactive ketones (excluding diaryl/α,β-unsaturated/α-hetero) is 1. The zero-order chi connectivity index (χ0) is 19.4. The summed E-state index contributed by atoms with van der Waals surface area (Å²) < 4.78 is 12.5. The van der Waals surface area contributed by atoms with Gasteiger partial charge in [0.1, 0.15) is 12.4 Å². The van der Waals surface area contributed by atoms with E-state index in [4.69, 9.17) is 9.47 Å². The lowest BCUT2D eigenvalue weighted by Crippen LogP contribution is -2.15. The topological polar surface area (TPSA) is 87.0 Å². The highest BCUT2D eigenvalue weighted by atomic mass is 79.9. The van der Waals surface area contributed by atoms with Gasteiger partial charge in [-0.25, -0.2) is 4.98 Å². The monoisotopic (exact) mass is 450 g/mol. The number of nitrogens with zero attached hydrogens (tertiary/aromatic N) is 2. The predicted molar refractivity (Wildman–Crippen MR) is 103 cm³/mol. The highest BCUT2D eigenvalue weighted by Crippen LogP contribution is 2.24. The van der Waals surface area contributed by atoms with Gasteiger partial charge in [0.05, 0.1) is 24.8 Å². The third-order valence-electron chi connectivity index (χ3n) is 3.76. The SMILES string of the molecule is COc1ccc(Br)cc1C(=O)CCC(=O)OCc1cc(=O)n2ccsc2n1. The molecule has 0 fully saturated rings. The zero-order valence-corrected chi connectivity index (χ0v) is 16.7. The lowest BCUT2D eigenvalue weighted by Gasteiger charge is -2.08. The molecule has 140 valence electrons. The smallest absolute Gasteiger partial charge is 0.306 e. The molecule has 0 aliphatic rings. The first kappa shape index (κ1) is 19.2. The average molecular weight is 451 g/mol. The molecule has 0 atom stereocenters. The first-order valence-corrected chi connectivity index (χ1v) is 9.63. The summed E-state index contributed by atoms with van der Waals surface area (Å²) in [4.78, 5) is 41.0. The van der Waals surface area contributed by atoms with Crippen LogP contribution in [0.15, 0.2) is 45.1 Å². The van der Waals surface area contributed by atoms with Crippen LogP contribution in [0.25, 0.3) is 4.96 Å². The maximum absolute atomic E-state index is 12.4. The van der Waals surface area contributed by atoms with Gasteiger partial charge in [0, 0.05) is 28.5 Å². The summed E-state index contributed by atoms with van der Waals surface area (Å²) in [6.07, 6.45) is 1.55. The number of carbonyl (C=O) groups excluding carboxylic acids is 2. The summed E-state index contributed by atoms with van der Waals surface area (Å²) in [5.41, 5.74) is 0.539. The fourth-order valence-electron chi connectivity index (χ4n) is 2.44. The molecule has 3 aromatic rings. The maximum atomic E-state index is 12.4. The number of esters is 1. The molecule has 7 nitrogen and oxygen atoms in total. The van der Waals surface area contributed by atoms with Crippen LogP contribution >= 0.6 is 27.3 Å². The number of ketones is 1. The van der Waals surface area contributed by atoms with Crippen LogP contribution in [0.5, 0.6) is 5.75 Å². The quantitative estimate of drug-likeness (QED) is 0.405. The summed E-state index contributed by atoms with van der Waals surface area (Å²) in [5.74, 6) is -0.308. The number of halogens is 1. The standard InChI is InChI=1S/C18H15BrN2O5S/c1-25-15-4-2-11(19)8-13(15)14(22)3-5-17(24)26-10-12-9-16(23)21-6-7-27-18(21)20-12/h2,4,6-9H,3,5,10H2,1H3. The van der Waals surface area contributed by atoms with E-state index < -0.39 is 5.97 Å². The molecular weight excluding hydrogens is 436 g/mol. The van der Waals surface area contributed by atoms with Crippen LogP contribution in [-0.2, 0) is 16.1 Å². The van der Waals surface area contributed by atoms with Gasteiger partial charge < -0.3 is 9.47 Å². The Morgan fingerprint density at radius 3 is 2.85 bits per heavy atom. The molecule has 0 N–H and O–H groups in total. The van der Waals surface area contributed by atoms with Crippen LogP contribution in [0.4, 0.5) is 0 Å². The lowest BCUT2D eigenvalue weighted by atomic mass is 10.1. The van der Waals surface area contributed by atoms with Crippen molar-refractivity contribution in [3.8, 4) is 5.75 Å². The summed E-state index contributed by atoms with van der Waals surface area (Å²) in [6.45, 7) is -0.114. The largest absolute Gasteiger partial charge is 0.496 e. The normalized spacial score (nSPS) is 10.7. The van der Waals surface area contributed by atoms with Gasteiger partial charge in [-0.3, -0.25) is 18.8 Å². The number of thiazole rings is 1. The third kappa shape index (κ3) is 4.61. The minimum Gasteiger partial charge on any atom is -0.496 e. The van der Waals surface area contributed by atoms with E-state index in [0.29, 0.717) is 22.0 Å². The van der Waals surface area contributed by atoms with E-state index in [1.165, 1.54) is 28.9 Å². The predicted octanol–water partition coefficient (Wildman–Crippen LogP) is 3.23. The Morgan fingerprint density at radius 1 is 1.26 bits per heavy atom. The van der Waals surface area contributed by atoms with Gasteiger partial charge in [-0.2, -0.15) is 0 Å². The van der Waals surface area contributed by atoms with E-state index in [-0.39, 0.29) is 30.8 Å². The van der Waals surface area contributed by atoms with Gasteiger partial charge in [-0.15, -0.1) is 11.3 Å². The highest BCUT2D eigenvalue weighted by Gasteiger charge is 2.15. The van der Waals surface area contributed by atoms with Crippen molar-refractivity contribution < 1.29 is 19.1 Å². The van der Waals surface area contributed by atoms with Crippen LogP contribution in [0.1, 0.15) is 28.9 Å². The molecule has 0 spiro atoms. The first-order valence-electron chi connectivity index (χ1n) is 7.96. The summed E-state index contributed by atoms with van der Waals surface area (Å²) >= 11 is 4.63. The number of fused-ring (bicyclic) bond motifs is 1. The van der Waals surface area contributed by atoms with E-state index in [1.807, 2.05) is 0 Å². The van der Waals surface area contributed by atoms with Gasteiger partial charge in [0.2, 0.25) is 0 Å². The van der Waals surface area contributed by atoms with Gasteiger partial charge >= 0.3 is 5.97 Å². The molecule has 0 bridgehead atoms. The third-order valence-corrected chi connectivity index (χ3v) is 5.01. The van der Waals surface area contributed by atoms with E-state index in [0.717, 1.165) is 4.47 Å². The van der Waals surface area contributed by atoms with Crippen LogP contribution in [0, 0.1) is 0 Å². The van der Waals surface area contributed by atoms with Crippen molar-refractivity contribution >= 4 is 44.0 Å². The number of methoxy groups -OCH3 is 1. The fourth-order valence-corrected chi connectivity index (χ4v) is 3.54. The van der Waals surface area contributed by atoms with Crippen LogP contribution in [-0.4, -0.2) is 28.2 Å². The Labute approximate surface area is 166 Å². The molecule has 1 aromatic carbocycles. The summed E-state index contributed by atoms with van der Waals surface area (Å²) in [6, 6.07) is 6.43. The maximum Gasteiger partial charge on any atom is 0.306 e. The van der Waals surface area contributed by atoms with Crippen molar-refractivity contribution in [3.05, 3.63) is 61.9 Å². The lowest BCUT2D eigenvalue weighted by molar-refractivity contribution is -0.145. The number of rotatable bonds is 7. The molecule has 2 aromatic heterocycles. The van der Waals surface area contributed by atoms with Crippen molar-refractivity contribution in [2.75, 3.05) is 7.11 Å². The minimum atomic E-state index is -0.537. The van der Waals surface area contributed by atoms with Crippen molar-refractivity contribution in [1.82, 2.24) is 9.38 Å². The molecule has 0 saturated heterocycles. The molecule has 0 saturated carbocycles. The number of benzene rings is 1. The van der Waals surface area contributed by atoms with Crippen molar-refractivity contribution in [3.63, 3.8) is 0 Å². The molecule has 0 aliphatic carbocycles. The molecule has 27 heavy (non-hydrogen) atoms. The highest BCUT2D eigenvalue weighted by molar-refractivity contribution is 9.10.